The van der Waals surface area contributed by atoms with Gasteiger partial charge in [-0.15, -0.1) is 0 Å². The molecular formula is C17H17FN2O3. The Labute approximate surface area is 133 Å². The maximum Gasteiger partial charge on any atom is 0.231 e. The van der Waals surface area contributed by atoms with Gasteiger partial charge in [-0.05, 0) is 35.9 Å². The van der Waals surface area contributed by atoms with Crippen molar-refractivity contribution in [2.75, 3.05) is 18.7 Å². The van der Waals surface area contributed by atoms with Crippen LogP contribution in [0.25, 0.3) is 0 Å². The van der Waals surface area contributed by atoms with Gasteiger partial charge in [0.15, 0.2) is 11.5 Å². The van der Waals surface area contributed by atoms with Gasteiger partial charge in [0.2, 0.25) is 12.7 Å². The maximum absolute atomic E-state index is 13.0. The Hall–Kier alpha value is -2.76. The van der Waals surface area contributed by atoms with Crippen LogP contribution in [0.4, 0.5) is 10.1 Å². The molecular weight excluding hydrogens is 299 g/mol. The molecule has 1 amide bonds. The SMILES string of the molecule is O=C(CCNc1cccc(F)c1)NCc1ccc2c(c1)OCO2. The molecule has 2 N–H and O–H groups in total. The first-order valence-electron chi connectivity index (χ1n) is 7.35. The number of hydrogen-bond acceptors (Lipinski definition) is 4. The minimum atomic E-state index is -0.303. The predicted molar refractivity (Wildman–Crippen MR) is 83.9 cm³/mol. The second-order valence-electron chi connectivity index (χ2n) is 5.15. The highest BCUT2D eigenvalue weighted by atomic mass is 19.1. The maximum atomic E-state index is 13.0. The molecule has 0 saturated heterocycles. The summed E-state index contributed by atoms with van der Waals surface area (Å²) in [5.74, 6) is 1.04. The average molecular weight is 316 g/mol. The van der Waals surface area contributed by atoms with Gasteiger partial charge in [-0.2, -0.15) is 0 Å². The molecule has 0 spiro atoms. The molecule has 0 aliphatic carbocycles. The molecule has 1 heterocycles. The average Bonchev–Trinajstić information content (AvgIpc) is 3.00. The lowest BCUT2D eigenvalue weighted by Gasteiger charge is -2.08. The summed E-state index contributed by atoms with van der Waals surface area (Å²) in [6.07, 6.45) is 0.307. The lowest BCUT2D eigenvalue weighted by molar-refractivity contribution is -0.121. The highest BCUT2D eigenvalue weighted by Crippen LogP contribution is 2.32. The van der Waals surface area contributed by atoms with E-state index in [0.29, 0.717) is 30.9 Å². The molecule has 0 unspecified atom stereocenters. The van der Waals surface area contributed by atoms with Crippen molar-refractivity contribution in [1.29, 1.82) is 0 Å². The number of carbonyl (C=O) groups excluding carboxylic acids is 1. The number of benzene rings is 2. The molecule has 0 saturated carbocycles. The number of hydrogen-bond donors (Lipinski definition) is 2. The summed E-state index contributed by atoms with van der Waals surface area (Å²) in [7, 11) is 0. The molecule has 6 heteroatoms. The number of anilines is 1. The molecule has 0 atom stereocenters. The van der Waals surface area contributed by atoms with Gasteiger partial charge >= 0.3 is 0 Å². The van der Waals surface area contributed by atoms with Crippen LogP contribution >= 0.6 is 0 Å². The van der Waals surface area contributed by atoms with Crippen LogP contribution in [0.1, 0.15) is 12.0 Å². The number of nitrogens with one attached hydrogen (secondary N) is 2. The van der Waals surface area contributed by atoms with E-state index in [1.807, 2.05) is 18.2 Å². The van der Waals surface area contributed by atoms with Crippen LogP contribution in [0.2, 0.25) is 0 Å². The Balaban J connectivity index is 1.41. The summed E-state index contributed by atoms with van der Waals surface area (Å²) in [6.45, 7) is 1.10. The van der Waals surface area contributed by atoms with E-state index >= 15 is 0 Å². The summed E-state index contributed by atoms with van der Waals surface area (Å²) < 4.78 is 23.5. The summed E-state index contributed by atoms with van der Waals surface area (Å²) in [4.78, 5) is 11.8. The fraction of sp³-hybridized carbons (Fsp3) is 0.235. The zero-order chi connectivity index (χ0) is 16.1. The van der Waals surface area contributed by atoms with Gasteiger partial charge < -0.3 is 20.1 Å². The summed E-state index contributed by atoms with van der Waals surface area (Å²) in [5, 5.41) is 5.85. The molecule has 0 radical (unpaired) electrons. The number of ether oxygens (including phenoxy) is 2. The van der Waals surface area contributed by atoms with E-state index in [4.69, 9.17) is 9.47 Å². The van der Waals surface area contributed by atoms with E-state index in [9.17, 15) is 9.18 Å². The second-order valence-corrected chi connectivity index (χ2v) is 5.15. The third kappa shape index (κ3) is 4.12. The van der Waals surface area contributed by atoms with Crippen LogP contribution in [0.3, 0.4) is 0 Å². The molecule has 120 valence electrons. The van der Waals surface area contributed by atoms with E-state index in [1.54, 1.807) is 12.1 Å². The van der Waals surface area contributed by atoms with Crippen LogP contribution in [0, 0.1) is 5.82 Å². The van der Waals surface area contributed by atoms with E-state index in [2.05, 4.69) is 10.6 Å². The Morgan fingerprint density at radius 2 is 2.00 bits per heavy atom. The van der Waals surface area contributed by atoms with Crippen molar-refractivity contribution < 1.29 is 18.7 Å². The Bertz CT molecular complexity index is 706. The topological polar surface area (TPSA) is 59.6 Å². The van der Waals surface area contributed by atoms with Gasteiger partial charge in [-0.25, -0.2) is 4.39 Å². The number of fused-ring (bicyclic) bond motifs is 1. The monoisotopic (exact) mass is 316 g/mol. The van der Waals surface area contributed by atoms with Gasteiger partial charge in [-0.3, -0.25) is 4.79 Å². The molecule has 0 aromatic heterocycles. The standard InChI is InChI=1S/C17H17FN2O3/c18-13-2-1-3-14(9-13)19-7-6-17(21)20-10-12-4-5-15-16(8-12)23-11-22-15/h1-5,8-9,19H,6-7,10-11H2,(H,20,21). The zero-order valence-electron chi connectivity index (χ0n) is 12.5. The first-order chi connectivity index (χ1) is 11.2. The molecule has 0 bridgehead atoms. The number of rotatable bonds is 6. The normalized spacial score (nSPS) is 12.0. The van der Waals surface area contributed by atoms with Crippen LogP contribution in [-0.2, 0) is 11.3 Å². The van der Waals surface area contributed by atoms with Gasteiger partial charge in [-0.1, -0.05) is 12.1 Å². The quantitative estimate of drug-likeness (QED) is 0.860. The fourth-order valence-electron chi connectivity index (χ4n) is 2.26. The molecule has 23 heavy (non-hydrogen) atoms. The van der Waals surface area contributed by atoms with Crippen LogP contribution < -0.4 is 20.1 Å². The van der Waals surface area contributed by atoms with E-state index in [1.165, 1.54) is 12.1 Å². The van der Waals surface area contributed by atoms with Crippen molar-refractivity contribution in [3.05, 3.63) is 53.8 Å². The highest BCUT2D eigenvalue weighted by Gasteiger charge is 2.13. The van der Waals surface area contributed by atoms with Gasteiger partial charge in [0.1, 0.15) is 5.82 Å². The van der Waals surface area contributed by atoms with Gasteiger partial charge in [0.05, 0.1) is 0 Å². The van der Waals surface area contributed by atoms with Crippen molar-refractivity contribution in [3.63, 3.8) is 0 Å². The van der Waals surface area contributed by atoms with Crippen molar-refractivity contribution >= 4 is 11.6 Å². The van der Waals surface area contributed by atoms with Gasteiger partial charge in [0.25, 0.3) is 0 Å². The fourth-order valence-corrected chi connectivity index (χ4v) is 2.26. The van der Waals surface area contributed by atoms with Crippen molar-refractivity contribution in [1.82, 2.24) is 5.32 Å². The Morgan fingerprint density at radius 1 is 1.13 bits per heavy atom. The summed E-state index contributed by atoms with van der Waals surface area (Å²) in [6, 6.07) is 11.7. The largest absolute Gasteiger partial charge is 0.454 e. The minimum Gasteiger partial charge on any atom is -0.454 e. The molecule has 2 aromatic carbocycles. The number of amides is 1. The smallest absolute Gasteiger partial charge is 0.231 e. The lowest BCUT2D eigenvalue weighted by atomic mass is 10.2. The third-order valence-corrected chi connectivity index (χ3v) is 3.43. The van der Waals surface area contributed by atoms with E-state index < -0.39 is 0 Å². The van der Waals surface area contributed by atoms with Gasteiger partial charge in [0, 0.05) is 25.2 Å². The molecule has 1 aliphatic rings. The molecule has 0 fully saturated rings. The lowest BCUT2D eigenvalue weighted by Crippen LogP contribution is -2.24. The molecule has 1 aliphatic heterocycles. The molecule has 2 aromatic rings. The molecule has 5 nitrogen and oxygen atoms in total. The zero-order valence-corrected chi connectivity index (χ0v) is 12.5. The van der Waals surface area contributed by atoms with Crippen molar-refractivity contribution in [2.45, 2.75) is 13.0 Å². The van der Waals surface area contributed by atoms with Crippen LogP contribution in [0.15, 0.2) is 42.5 Å². The van der Waals surface area contributed by atoms with E-state index in [0.717, 1.165) is 11.3 Å². The third-order valence-electron chi connectivity index (χ3n) is 3.43. The minimum absolute atomic E-state index is 0.0773. The summed E-state index contributed by atoms with van der Waals surface area (Å²) in [5.41, 5.74) is 1.61. The van der Waals surface area contributed by atoms with Crippen molar-refractivity contribution in [2.24, 2.45) is 0 Å². The van der Waals surface area contributed by atoms with Crippen LogP contribution in [0.5, 0.6) is 11.5 Å². The first kappa shape index (κ1) is 15.1. The Kier molecular flexibility index (Phi) is 4.61. The first-order valence-corrected chi connectivity index (χ1v) is 7.35. The second kappa shape index (κ2) is 7.00. The molecule has 3 rings (SSSR count). The number of carbonyl (C=O) groups is 1. The highest BCUT2D eigenvalue weighted by molar-refractivity contribution is 5.76. The van der Waals surface area contributed by atoms with E-state index in [-0.39, 0.29) is 18.5 Å². The van der Waals surface area contributed by atoms with Crippen molar-refractivity contribution in [3.8, 4) is 11.5 Å². The Morgan fingerprint density at radius 3 is 2.87 bits per heavy atom. The summed E-state index contributed by atoms with van der Waals surface area (Å²) >= 11 is 0. The number of halogens is 1. The predicted octanol–water partition coefficient (Wildman–Crippen LogP) is 2.67. The van der Waals surface area contributed by atoms with Crippen LogP contribution in [-0.4, -0.2) is 19.2 Å².